The van der Waals surface area contributed by atoms with Gasteiger partial charge in [0, 0.05) is 17.8 Å². The molecule has 0 spiro atoms. The van der Waals surface area contributed by atoms with E-state index in [1.165, 1.54) is 6.33 Å². The Balaban J connectivity index is 2.22. The van der Waals surface area contributed by atoms with E-state index >= 15 is 0 Å². The lowest BCUT2D eigenvalue weighted by Crippen LogP contribution is -1.93. The van der Waals surface area contributed by atoms with Crippen LogP contribution in [0.2, 0.25) is 5.02 Å². The van der Waals surface area contributed by atoms with Crippen molar-refractivity contribution >= 4 is 17.3 Å². The molecule has 0 unspecified atom stereocenters. The van der Waals surface area contributed by atoms with Gasteiger partial charge in [-0.3, -0.25) is 0 Å². The Bertz CT molecular complexity index is 531. The summed E-state index contributed by atoms with van der Waals surface area (Å²) in [5.74, 6) is 1.10. The third-order valence-corrected chi connectivity index (χ3v) is 2.58. The molecule has 2 aromatic rings. The van der Waals surface area contributed by atoms with Crippen LogP contribution in [-0.2, 0) is 6.42 Å². The molecule has 0 radical (unpaired) electrons. The first-order valence-electron chi connectivity index (χ1n) is 5.23. The molecule has 1 aromatic carbocycles. The number of aromatic nitrogens is 2. The maximum Gasteiger partial charge on any atom is 0.222 e. The standard InChI is InChI=1S/C12H12ClN3O/c1-2-8-5-12(16-7-15-8)17-9-3-4-11(14)10(13)6-9/h3-7H,2,14H2,1H3. The number of anilines is 1. The van der Waals surface area contributed by atoms with Crippen LogP contribution in [0.25, 0.3) is 0 Å². The second kappa shape index (κ2) is 5.01. The van der Waals surface area contributed by atoms with Crippen molar-refractivity contribution in [2.24, 2.45) is 0 Å². The van der Waals surface area contributed by atoms with Crippen LogP contribution in [0.3, 0.4) is 0 Å². The molecule has 1 heterocycles. The van der Waals surface area contributed by atoms with E-state index in [0.29, 0.717) is 22.3 Å². The minimum Gasteiger partial charge on any atom is -0.439 e. The first-order chi connectivity index (χ1) is 8.19. The first-order valence-corrected chi connectivity index (χ1v) is 5.60. The van der Waals surface area contributed by atoms with Crippen molar-refractivity contribution in [3.63, 3.8) is 0 Å². The van der Waals surface area contributed by atoms with Gasteiger partial charge in [-0.1, -0.05) is 18.5 Å². The van der Waals surface area contributed by atoms with E-state index in [2.05, 4.69) is 9.97 Å². The summed E-state index contributed by atoms with van der Waals surface area (Å²) < 4.78 is 5.57. The monoisotopic (exact) mass is 249 g/mol. The Morgan fingerprint density at radius 3 is 2.82 bits per heavy atom. The molecule has 0 atom stereocenters. The van der Waals surface area contributed by atoms with Crippen LogP contribution >= 0.6 is 11.6 Å². The van der Waals surface area contributed by atoms with Gasteiger partial charge in [-0.15, -0.1) is 0 Å². The summed E-state index contributed by atoms with van der Waals surface area (Å²) >= 11 is 5.90. The van der Waals surface area contributed by atoms with Crippen LogP contribution in [0.1, 0.15) is 12.6 Å². The van der Waals surface area contributed by atoms with Gasteiger partial charge in [-0.2, -0.15) is 0 Å². The molecule has 2 N–H and O–H groups in total. The second-order valence-electron chi connectivity index (χ2n) is 3.49. The molecule has 0 aliphatic carbocycles. The van der Waals surface area contributed by atoms with Gasteiger partial charge in [0.25, 0.3) is 0 Å². The molecule has 1 aromatic heterocycles. The van der Waals surface area contributed by atoms with Gasteiger partial charge in [0.1, 0.15) is 12.1 Å². The number of halogens is 1. The lowest BCUT2D eigenvalue weighted by Gasteiger charge is -2.06. The quantitative estimate of drug-likeness (QED) is 0.850. The van der Waals surface area contributed by atoms with Crippen molar-refractivity contribution in [1.29, 1.82) is 0 Å². The van der Waals surface area contributed by atoms with Gasteiger partial charge in [0.05, 0.1) is 10.7 Å². The van der Waals surface area contributed by atoms with Gasteiger partial charge in [-0.05, 0) is 18.6 Å². The highest BCUT2D eigenvalue weighted by molar-refractivity contribution is 6.33. The van der Waals surface area contributed by atoms with E-state index in [1.807, 2.05) is 6.92 Å². The summed E-state index contributed by atoms with van der Waals surface area (Å²) in [5.41, 5.74) is 7.07. The molecule has 0 bridgehead atoms. The van der Waals surface area contributed by atoms with E-state index in [4.69, 9.17) is 22.1 Å². The number of benzene rings is 1. The Kier molecular flexibility index (Phi) is 3.44. The van der Waals surface area contributed by atoms with Crippen LogP contribution < -0.4 is 10.5 Å². The Labute approximate surface area is 104 Å². The summed E-state index contributed by atoms with van der Waals surface area (Å²) in [5, 5.41) is 0.465. The van der Waals surface area contributed by atoms with Crippen LogP contribution in [0.15, 0.2) is 30.6 Å². The zero-order chi connectivity index (χ0) is 12.3. The molecule has 4 nitrogen and oxygen atoms in total. The average molecular weight is 250 g/mol. The Morgan fingerprint density at radius 1 is 1.29 bits per heavy atom. The molecule has 0 saturated heterocycles. The molecular formula is C12H12ClN3O. The van der Waals surface area contributed by atoms with Crippen molar-refractivity contribution in [3.8, 4) is 11.6 Å². The number of nitrogen functional groups attached to an aromatic ring is 1. The van der Waals surface area contributed by atoms with E-state index in [0.717, 1.165) is 12.1 Å². The fraction of sp³-hybridized carbons (Fsp3) is 0.167. The molecule has 88 valence electrons. The van der Waals surface area contributed by atoms with Gasteiger partial charge in [0.15, 0.2) is 0 Å². The normalized spacial score (nSPS) is 10.2. The number of aryl methyl sites for hydroxylation is 1. The van der Waals surface area contributed by atoms with Gasteiger partial charge >= 0.3 is 0 Å². The third kappa shape index (κ3) is 2.85. The smallest absolute Gasteiger partial charge is 0.222 e. The Hall–Kier alpha value is -1.81. The van der Waals surface area contributed by atoms with Crippen molar-refractivity contribution in [1.82, 2.24) is 9.97 Å². The number of nitrogens with two attached hydrogens (primary N) is 1. The van der Waals surface area contributed by atoms with Crippen molar-refractivity contribution < 1.29 is 4.74 Å². The summed E-state index contributed by atoms with van der Waals surface area (Å²) in [7, 11) is 0. The second-order valence-corrected chi connectivity index (χ2v) is 3.89. The molecule has 0 aliphatic rings. The van der Waals surface area contributed by atoms with Crippen molar-refractivity contribution in [2.75, 3.05) is 5.73 Å². The average Bonchev–Trinajstić information content (AvgIpc) is 2.34. The molecular weight excluding hydrogens is 238 g/mol. The van der Waals surface area contributed by atoms with E-state index in [9.17, 15) is 0 Å². The van der Waals surface area contributed by atoms with Crippen molar-refractivity contribution in [3.05, 3.63) is 41.3 Å². The maximum absolute atomic E-state index is 5.90. The van der Waals surface area contributed by atoms with Gasteiger partial charge in [0.2, 0.25) is 5.88 Å². The fourth-order valence-corrected chi connectivity index (χ4v) is 1.49. The minimum atomic E-state index is 0.465. The number of rotatable bonds is 3. The molecule has 5 heteroatoms. The lowest BCUT2D eigenvalue weighted by molar-refractivity contribution is 0.460. The molecule has 17 heavy (non-hydrogen) atoms. The highest BCUT2D eigenvalue weighted by Gasteiger charge is 2.03. The number of ether oxygens (including phenoxy) is 1. The number of hydrogen-bond donors (Lipinski definition) is 1. The summed E-state index contributed by atoms with van der Waals surface area (Å²) in [4.78, 5) is 8.12. The highest BCUT2D eigenvalue weighted by Crippen LogP contribution is 2.27. The Morgan fingerprint density at radius 2 is 2.12 bits per heavy atom. The largest absolute Gasteiger partial charge is 0.439 e. The van der Waals surface area contributed by atoms with Gasteiger partial charge in [-0.25, -0.2) is 9.97 Å². The maximum atomic E-state index is 5.90. The van der Waals surface area contributed by atoms with Crippen molar-refractivity contribution in [2.45, 2.75) is 13.3 Å². The molecule has 0 aliphatic heterocycles. The minimum absolute atomic E-state index is 0.465. The van der Waals surface area contributed by atoms with E-state index < -0.39 is 0 Å². The van der Waals surface area contributed by atoms with Crippen LogP contribution in [0.4, 0.5) is 5.69 Å². The zero-order valence-corrected chi connectivity index (χ0v) is 10.1. The molecule has 2 rings (SSSR count). The lowest BCUT2D eigenvalue weighted by atomic mass is 10.3. The van der Waals surface area contributed by atoms with Gasteiger partial charge < -0.3 is 10.5 Å². The highest BCUT2D eigenvalue weighted by atomic mass is 35.5. The van der Waals surface area contributed by atoms with Crippen LogP contribution in [0, 0.1) is 0 Å². The topological polar surface area (TPSA) is 61.0 Å². The van der Waals surface area contributed by atoms with E-state index in [1.54, 1.807) is 24.3 Å². The fourth-order valence-electron chi connectivity index (χ4n) is 1.32. The predicted octanol–water partition coefficient (Wildman–Crippen LogP) is 3.07. The summed E-state index contributed by atoms with van der Waals surface area (Å²) in [6, 6.07) is 6.89. The van der Waals surface area contributed by atoms with Crippen LogP contribution in [0.5, 0.6) is 11.6 Å². The summed E-state index contributed by atoms with van der Waals surface area (Å²) in [6.45, 7) is 2.02. The first kappa shape index (κ1) is 11.7. The SMILES string of the molecule is CCc1cc(Oc2ccc(N)c(Cl)c2)ncn1. The molecule has 0 saturated carbocycles. The predicted molar refractivity (Wildman–Crippen MR) is 67.3 cm³/mol. The zero-order valence-electron chi connectivity index (χ0n) is 9.35. The van der Waals surface area contributed by atoms with E-state index in [-0.39, 0.29) is 0 Å². The third-order valence-electron chi connectivity index (χ3n) is 2.26. The number of hydrogen-bond acceptors (Lipinski definition) is 4. The number of nitrogens with zero attached hydrogens (tertiary/aromatic N) is 2. The summed E-state index contributed by atoms with van der Waals surface area (Å²) in [6.07, 6.45) is 2.31. The molecule has 0 amide bonds. The van der Waals surface area contributed by atoms with Crippen LogP contribution in [-0.4, -0.2) is 9.97 Å². The molecule has 0 fully saturated rings.